The fourth-order valence-electron chi connectivity index (χ4n) is 0.735. The van der Waals surface area contributed by atoms with Crippen molar-refractivity contribution < 1.29 is 9.90 Å². The molecule has 0 rings (SSSR count). The van der Waals surface area contributed by atoms with Crippen molar-refractivity contribution in [3.63, 3.8) is 0 Å². The molecule has 0 saturated carbocycles. The van der Waals surface area contributed by atoms with Gasteiger partial charge in [0, 0.05) is 18.2 Å². The van der Waals surface area contributed by atoms with E-state index < -0.39 is 6.10 Å². The second-order valence-corrected chi connectivity index (χ2v) is 4.53. The minimum atomic E-state index is -0.423. The van der Waals surface area contributed by atoms with E-state index in [9.17, 15) is 9.90 Å². The predicted octanol–water partition coefficient (Wildman–Crippen LogP) is 0.873. The molecular weight excluding hydrogens is 186 g/mol. The Bertz CT molecular complexity index is 151. The van der Waals surface area contributed by atoms with Gasteiger partial charge in [0.05, 0.1) is 6.10 Å². The van der Waals surface area contributed by atoms with Crippen molar-refractivity contribution in [3.05, 3.63) is 0 Å². The van der Waals surface area contributed by atoms with Gasteiger partial charge in [0.25, 0.3) is 0 Å². The lowest BCUT2D eigenvalue weighted by Gasteiger charge is -2.12. The summed E-state index contributed by atoms with van der Waals surface area (Å²) >= 11 is 1.67. The maximum atomic E-state index is 11.1. The van der Waals surface area contributed by atoms with Gasteiger partial charge in [0.1, 0.15) is 0 Å². The molecule has 1 atom stereocenters. The molecule has 13 heavy (non-hydrogen) atoms. The van der Waals surface area contributed by atoms with E-state index in [-0.39, 0.29) is 11.8 Å². The van der Waals surface area contributed by atoms with Crippen molar-refractivity contribution in [2.75, 3.05) is 18.1 Å². The van der Waals surface area contributed by atoms with E-state index in [1.165, 1.54) is 0 Å². The smallest absolute Gasteiger partial charge is 0.222 e. The predicted molar refractivity (Wildman–Crippen MR) is 56.9 cm³/mol. The van der Waals surface area contributed by atoms with E-state index >= 15 is 0 Å². The molecular formula is C9H19NO2S. The van der Waals surface area contributed by atoms with Crippen molar-refractivity contribution in [3.8, 4) is 0 Å². The highest BCUT2D eigenvalue weighted by Gasteiger charge is 2.09. The molecule has 0 aliphatic carbocycles. The van der Waals surface area contributed by atoms with Gasteiger partial charge < -0.3 is 10.4 Å². The van der Waals surface area contributed by atoms with E-state index in [2.05, 4.69) is 5.32 Å². The van der Waals surface area contributed by atoms with E-state index in [1.807, 2.05) is 20.8 Å². The standard InChI is InChI=1S/C9H19NO2S/c1-4-13-6-8(11)5-10-9(12)7(2)3/h7-8,11H,4-6H2,1-3H3,(H,10,12). The number of nitrogens with one attached hydrogen (secondary N) is 1. The van der Waals surface area contributed by atoms with Gasteiger partial charge in [-0.05, 0) is 5.75 Å². The third-order valence-electron chi connectivity index (χ3n) is 1.55. The van der Waals surface area contributed by atoms with Crippen LogP contribution in [0.15, 0.2) is 0 Å². The van der Waals surface area contributed by atoms with Crippen molar-refractivity contribution in [2.45, 2.75) is 26.9 Å². The first kappa shape index (κ1) is 12.8. The van der Waals surface area contributed by atoms with Crippen LogP contribution in [0.4, 0.5) is 0 Å². The highest BCUT2D eigenvalue weighted by Crippen LogP contribution is 2.01. The van der Waals surface area contributed by atoms with Crippen LogP contribution in [0.25, 0.3) is 0 Å². The van der Waals surface area contributed by atoms with Gasteiger partial charge in [-0.1, -0.05) is 20.8 Å². The molecule has 0 aromatic rings. The third kappa shape index (κ3) is 6.90. The van der Waals surface area contributed by atoms with Gasteiger partial charge in [-0.25, -0.2) is 0 Å². The van der Waals surface area contributed by atoms with Crippen molar-refractivity contribution in [1.29, 1.82) is 0 Å². The van der Waals surface area contributed by atoms with E-state index in [0.717, 1.165) is 5.75 Å². The van der Waals surface area contributed by atoms with Crippen molar-refractivity contribution >= 4 is 17.7 Å². The summed E-state index contributed by atoms with van der Waals surface area (Å²) in [5.74, 6) is 1.68. The Morgan fingerprint density at radius 2 is 2.15 bits per heavy atom. The van der Waals surface area contributed by atoms with Gasteiger partial charge in [-0.2, -0.15) is 11.8 Å². The second-order valence-electron chi connectivity index (χ2n) is 3.21. The Balaban J connectivity index is 3.46. The van der Waals surface area contributed by atoms with Crippen LogP contribution in [-0.2, 0) is 4.79 Å². The molecule has 0 radical (unpaired) electrons. The molecule has 0 saturated heterocycles. The zero-order chi connectivity index (χ0) is 10.3. The number of amides is 1. The minimum absolute atomic E-state index is 0.000508. The monoisotopic (exact) mass is 205 g/mol. The van der Waals surface area contributed by atoms with E-state index in [0.29, 0.717) is 12.3 Å². The van der Waals surface area contributed by atoms with Crippen LogP contribution in [0.2, 0.25) is 0 Å². The number of carbonyl (C=O) groups is 1. The molecule has 0 aliphatic rings. The van der Waals surface area contributed by atoms with Crippen LogP contribution < -0.4 is 5.32 Å². The third-order valence-corrected chi connectivity index (χ3v) is 2.58. The van der Waals surface area contributed by atoms with Gasteiger partial charge in [0.2, 0.25) is 5.91 Å². The highest BCUT2D eigenvalue weighted by molar-refractivity contribution is 7.99. The Morgan fingerprint density at radius 1 is 1.54 bits per heavy atom. The van der Waals surface area contributed by atoms with Gasteiger partial charge >= 0.3 is 0 Å². The first-order chi connectivity index (χ1) is 6.07. The average Bonchev–Trinajstić information content (AvgIpc) is 2.10. The molecule has 0 fully saturated rings. The maximum absolute atomic E-state index is 11.1. The fourth-order valence-corrected chi connectivity index (χ4v) is 1.36. The van der Waals surface area contributed by atoms with Crippen molar-refractivity contribution in [2.24, 2.45) is 5.92 Å². The molecule has 3 nitrogen and oxygen atoms in total. The number of carbonyl (C=O) groups excluding carboxylic acids is 1. The van der Waals surface area contributed by atoms with E-state index in [1.54, 1.807) is 11.8 Å². The summed E-state index contributed by atoms with van der Waals surface area (Å²) in [4.78, 5) is 11.1. The second kappa shape index (κ2) is 7.21. The molecule has 1 amide bonds. The largest absolute Gasteiger partial charge is 0.390 e. The summed E-state index contributed by atoms with van der Waals surface area (Å²) in [7, 11) is 0. The Labute approximate surface area is 84.3 Å². The summed E-state index contributed by atoms with van der Waals surface area (Å²) in [6, 6.07) is 0. The zero-order valence-corrected chi connectivity index (χ0v) is 9.36. The van der Waals surface area contributed by atoms with Gasteiger partial charge in [-0.3, -0.25) is 4.79 Å². The minimum Gasteiger partial charge on any atom is -0.390 e. The molecule has 0 heterocycles. The quantitative estimate of drug-likeness (QED) is 0.676. The first-order valence-corrected chi connectivity index (χ1v) is 5.76. The Hall–Kier alpha value is -0.220. The molecule has 0 aromatic carbocycles. The van der Waals surface area contributed by atoms with Crippen LogP contribution >= 0.6 is 11.8 Å². The number of hydrogen-bond acceptors (Lipinski definition) is 3. The molecule has 0 spiro atoms. The summed E-state index contributed by atoms with van der Waals surface area (Å²) < 4.78 is 0. The Kier molecular flexibility index (Phi) is 7.09. The lowest BCUT2D eigenvalue weighted by Crippen LogP contribution is -2.35. The summed E-state index contributed by atoms with van der Waals surface area (Å²) in [5.41, 5.74) is 0. The van der Waals surface area contributed by atoms with Crippen LogP contribution in [0.1, 0.15) is 20.8 Å². The molecule has 0 aromatic heterocycles. The van der Waals surface area contributed by atoms with Crippen LogP contribution in [-0.4, -0.2) is 35.2 Å². The number of thioether (sulfide) groups is 1. The molecule has 1 unspecified atom stereocenters. The van der Waals surface area contributed by atoms with E-state index in [4.69, 9.17) is 0 Å². The summed E-state index contributed by atoms with van der Waals surface area (Å²) in [6.07, 6.45) is -0.423. The summed E-state index contributed by atoms with van der Waals surface area (Å²) in [5, 5.41) is 12.1. The first-order valence-electron chi connectivity index (χ1n) is 4.61. The lowest BCUT2D eigenvalue weighted by molar-refractivity contribution is -0.124. The van der Waals surface area contributed by atoms with Gasteiger partial charge in [-0.15, -0.1) is 0 Å². The highest BCUT2D eigenvalue weighted by atomic mass is 32.2. The Morgan fingerprint density at radius 3 is 2.62 bits per heavy atom. The van der Waals surface area contributed by atoms with Gasteiger partial charge in [0.15, 0.2) is 0 Å². The maximum Gasteiger partial charge on any atom is 0.222 e. The van der Waals surface area contributed by atoms with Crippen LogP contribution in [0.5, 0.6) is 0 Å². The lowest BCUT2D eigenvalue weighted by atomic mass is 10.2. The SMILES string of the molecule is CCSCC(O)CNC(=O)C(C)C. The zero-order valence-electron chi connectivity index (χ0n) is 8.54. The molecule has 2 N–H and O–H groups in total. The molecule has 0 aliphatic heterocycles. The van der Waals surface area contributed by atoms with Crippen LogP contribution in [0.3, 0.4) is 0 Å². The number of aliphatic hydroxyl groups is 1. The summed E-state index contributed by atoms with van der Waals surface area (Å²) in [6.45, 7) is 6.08. The molecule has 0 bridgehead atoms. The van der Waals surface area contributed by atoms with Crippen LogP contribution in [0, 0.1) is 5.92 Å². The molecule has 78 valence electrons. The van der Waals surface area contributed by atoms with Crippen molar-refractivity contribution in [1.82, 2.24) is 5.32 Å². The average molecular weight is 205 g/mol. The number of aliphatic hydroxyl groups excluding tert-OH is 1. The normalized spacial score (nSPS) is 13.0. The number of rotatable bonds is 6. The number of hydrogen-bond donors (Lipinski definition) is 2. The fraction of sp³-hybridized carbons (Fsp3) is 0.889. The molecule has 4 heteroatoms. The topological polar surface area (TPSA) is 49.3 Å².